The van der Waals surface area contributed by atoms with Gasteiger partial charge in [-0.1, -0.05) is 41.4 Å². The highest BCUT2D eigenvalue weighted by atomic mass is 35.5. The van der Waals surface area contributed by atoms with Crippen molar-refractivity contribution in [2.24, 2.45) is 4.99 Å². The summed E-state index contributed by atoms with van der Waals surface area (Å²) in [6, 6.07) is 9.33. The minimum absolute atomic E-state index is 0.107. The van der Waals surface area contributed by atoms with Crippen molar-refractivity contribution >= 4 is 52.2 Å². The molecule has 152 valence electrons. The number of benzodiazepines with no additional fused rings is 1. The number of likely N-dealkylation sites (N-methyl/N-ethyl adjacent to an activating group) is 1. The van der Waals surface area contributed by atoms with Gasteiger partial charge < -0.3 is 20.6 Å². The van der Waals surface area contributed by atoms with Crippen LogP contribution in [0.25, 0.3) is 0 Å². The van der Waals surface area contributed by atoms with Crippen LogP contribution in [0.5, 0.6) is 0 Å². The number of hydrogen-bond donors (Lipinski definition) is 3. The fourth-order valence-corrected chi connectivity index (χ4v) is 3.59. The van der Waals surface area contributed by atoms with Crippen LogP contribution >= 0.6 is 23.2 Å². The van der Waals surface area contributed by atoms with Crippen LogP contribution in [0.2, 0.25) is 10.0 Å². The van der Waals surface area contributed by atoms with E-state index in [4.69, 9.17) is 28.3 Å². The third-order valence-corrected chi connectivity index (χ3v) is 5.23. The number of carbonyl (C=O) groups excluding carboxylic acids is 2. The van der Waals surface area contributed by atoms with E-state index in [1.54, 1.807) is 44.3 Å². The molecule has 7 nitrogen and oxygen atoms in total. The number of nitrogens with zero attached hydrogens (tertiary/aromatic N) is 2. The lowest BCUT2D eigenvalue weighted by molar-refractivity contribution is -0.119. The zero-order valence-electron chi connectivity index (χ0n) is 15.9. The van der Waals surface area contributed by atoms with Crippen molar-refractivity contribution in [2.45, 2.75) is 13.0 Å². The second-order valence-corrected chi connectivity index (χ2v) is 7.24. The third kappa shape index (κ3) is 4.22. The van der Waals surface area contributed by atoms with Crippen molar-refractivity contribution in [3.8, 4) is 0 Å². The number of aliphatic hydroxyl groups is 1. The summed E-state index contributed by atoms with van der Waals surface area (Å²) in [5.41, 5.74) is 2.51. The zero-order chi connectivity index (χ0) is 21.1. The van der Waals surface area contributed by atoms with Crippen molar-refractivity contribution in [3.05, 3.63) is 57.6 Å². The number of hydrogen-bond acceptors (Lipinski definition) is 4. The van der Waals surface area contributed by atoms with Gasteiger partial charge in [-0.25, -0.2) is 4.79 Å². The molecule has 29 heavy (non-hydrogen) atoms. The van der Waals surface area contributed by atoms with Gasteiger partial charge in [0.25, 0.3) is 5.91 Å². The molecule has 3 rings (SSSR count). The van der Waals surface area contributed by atoms with E-state index in [2.05, 4.69) is 15.6 Å². The van der Waals surface area contributed by atoms with Gasteiger partial charge in [0.1, 0.15) is 6.04 Å². The van der Waals surface area contributed by atoms with Crippen LogP contribution in [0.3, 0.4) is 0 Å². The number of nitrogens with one attached hydrogen (secondary N) is 2. The summed E-state index contributed by atoms with van der Waals surface area (Å²) in [4.78, 5) is 30.8. The van der Waals surface area contributed by atoms with Gasteiger partial charge in [0.05, 0.1) is 28.7 Å². The second kappa shape index (κ2) is 8.82. The molecule has 9 heteroatoms. The topological polar surface area (TPSA) is 94.0 Å². The summed E-state index contributed by atoms with van der Waals surface area (Å²) >= 11 is 13.1. The Morgan fingerprint density at radius 3 is 2.66 bits per heavy atom. The molecule has 3 amide bonds. The molecule has 0 aliphatic carbocycles. The second-order valence-electron chi connectivity index (χ2n) is 6.46. The smallest absolute Gasteiger partial charge is 0.319 e. The lowest BCUT2D eigenvalue weighted by atomic mass is 9.99. The van der Waals surface area contributed by atoms with Gasteiger partial charge in [-0.3, -0.25) is 9.79 Å². The van der Waals surface area contributed by atoms with Crippen LogP contribution in [0.1, 0.15) is 18.1 Å². The van der Waals surface area contributed by atoms with Crippen molar-refractivity contribution in [1.29, 1.82) is 0 Å². The number of halogens is 2. The number of fused-ring (bicyclic) bond motifs is 1. The molecule has 0 radical (unpaired) electrons. The Bertz CT molecular complexity index is 994. The predicted octanol–water partition coefficient (Wildman–Crippen LogP) is 3.31. The molecule has 2 aromatic rings. The molecule has 0 spiro atoms. The summed E-state index contributed by atoms with van der Waals surface area (Å²) in [6.07, 6.45) is 0. The molecule has 1 unspecified atom stereocenters. The maximum absolute atomic E-state index is 12.7. The molecule has 1 aliphatic rings. The monoisotopic (exact) mass is 434 g/mol. The number of benzene rings is 2. The van der Waals surface area contributed by atoms with Crippen LogP contribution in [-0.2, 0) is 4.79 Å². The van der Waals surface area contributed by atoms with Gasteiger partial charge in [0, 0.05) is 29.7 Å². The Labute approximate surface area is 178 Å². The van der Waals surface area contributed by atoms with Crippen molar-refractivity contribution < 1.29 is 14.7 Å². The average molecular weight is 435 g/mol. The van der Waals surface area contributed by atoms with Crippen molar-refractivity contribution in [2.75, 3.05) is 30.4 Å². The highest BCUT2D eigenvalue weighted by Gasteiger charge is 2.30. The highest BCUT2D eigenvalue weighted by Crippen LogP contribution is 2.38. The number of amides is 3. The first-order valence-electron chi connectivity index (χ1n) is 8.94. The van der Waals surface area contributed by atoms with Crippen molar-refractivity contribution in [1.82, 2.24) is 5.32 Å². The Balaban J connectivity index is 2.17. The van der Waals surface area contributed by atoms with E-state index in [0.29, 0.717) is 33.2 Å². The van der Waals surface area contributed by atoms with E-state index in [1.165, 1.54) is 4.90 Å². The van der Waals surface area contributed by atoms with Crippen LogP contribution in [0, 0.1) is 0 Å². The highest BCUT2D eigenvalue weighted by molar-refractivity contribution is 6.42. The molecule has 3 N–H and O–H groups in total. The van der Waals surface area contributed by atoms with E-state index in [9.17, 15) is 9.59 Å². The van der Waals surface area contributed by atoms with E-state index < -0.39 is 12.1 Å². The number of anilines is 2. The van der Waals surface area contributed by atoms with E-state index in [-0.39, 0.29) is 24.1 Å². The van der Waals surface area contributed by atoms with Gasteiger partial charge in [-0.2, -0.15) is 0 Å². The first kappa shape index (κ1) is 21.1. The fraction of sp³-hybridized carbons (Fsp3) is 0.250. The first-order valence-corrected chi connectivity index (χ1v) is 9.69. The normalized spacial score (nSPS) is 16.0. The molecule has 1 aliphatic heterocycles. The Kier molecular flexibility index (Phi) is 6.42. The summed E-state index contributed by atoms with van der Waals surface area (Å²) in [5.74, 6) is -0.189. The molecule has 0 aromatic heterocycles. The number of aliphatic imine (C=N–C) groups is 1. The van der Waals surface area contributed by atoms with E-state index >= 15 is 0 Å². The van der Waals surface area contributed by atoms with Gasteiger partial charge >= 0.3 is 6.03 Å². The standard InChI is InChI=1S/C20H20Cl2N4O3/c1-11-19(28)26(2)15-8-7-14(25-20(29)23-9-10-27)17(22)16(15)18(24-11)12-5-3-4-6-13(12)21/h3-8,11,27H,9-10H2,1-2H3,(H2,23,25,29). The van der Waals surface area contributed by atoms with Crippen LogP contribution in [0.4, 0.5) is 16.2 Å². The molecular weight excluding hydrogens is 415 g/mol. The SMILES string of the molecule is CC1N=C(c2ccccc2Cl)c2c(ccc(NC(=O)NCCO)c2Cl)N(C)C1=O. The number of urea groups is 1. The number of carbonyl (C=O) groups is 2. The lowest BCUT2D eigenvalue weighted by Gasteiger charge is -2.21. The Hall–Kier alpha value is -2.61. The summed E-state index contributed by atoms with van der Waals surface area (Å²) in [7, 11) is 1.65. The Morgan fingerprint density at radius 2 is 1.97 bits per heavy atom. The maximum atomic E-state index is 12.7. The molecule has 0 saturated heterocycles. The van der Waals surface area contributed by atoms with Gasteiger partial charge in [0.2, 0.25) is 0 Å². The minimum atomic E-state index is -0.640. The Morgan fingerprint density at radius 1 is 1.24 bits per heavy atom. The minimum Gasteiger partial charge on any atom is -0.395 e. The third-order valence-electron chi connectivity index (χ3n) is 4.50. The van der Waals surface area contributed by atoms with Gasteiger partial charge in [-0.15, -0.1) is 0 Å². The number of aliphatic hydroxyl groups excluding tert-OH is 1. The van der Waals surface area contributed by atoms with Crippen LogP contribution < -0.4 is 15.5 Å². The lowest BCUT2D eigenvalue weighted by Crippen LogP contribution is -2.33. The van der Waals surface area contributed by atoms with E-state index in [1.807, 2.05) is 6.07 Å². The molecule has 2 aromatic carbocycles. The molecule has 1 heterocycles. The van der Waals surface area contributed by atoms with Crippen LogP contribution in [0.15, 0.2) is 41.4 Å². The van der Waals surface area contributed by atoms with Gasteiger partial charge in [0.15, 0.2) is 0 Å². The van der Waals surface area contributed by atoms with Crippen molar-refractivity contribution in [3.63, 3.8) is 0 Å². The maximum Gasteiger partial charge on any atom is 0.319 e. The van der Waals surface area contributed by atoms with Gasteiger partial charge in [-0.05, 0) is 25.1 Å². The number of rotatable bonds is 4. The predicted molar refractivity (Wildman–Crippen MR) is 116 cm³/mol. The molecular formula is C20H20Cl2N4O3. The molecule has 0 fully saturated rings. The largest absolute Gasteiger partial charge is 0.395 e. The summed E-state index contributed by atoms with van der Waals surface area (Å²) in [6.45, 7) is 1.63. The summed E-state index contributed by atoms with van der Waals surface area (Å²) < 4.78 is 0. The van der Waals surface area contributed by atoms with Crippen LogP contribution in [-0.4, -0.2) is 49.0 Å². The zero-order valence-corrected chi connectivity index (χ0v) is 17.4. The quantitative estimate of drug-likeness (QED) is 0.688. The van der Waals surface area contributed by atoms with E-state index in [0.717, 1.165) is 0 Å². The first-order chi connectivity index (χ1) is 13.8. The molecule has 1 atom stereocenters. The fourth-order valence-electron chi connectivity index (χ4n) is 3.07. The molecule has 0 saturated carbocycles. The molecule has 0 bridgehead atoms. The summed E-state index contributed by atoms with van der Waals surface area (Å²) in [5, 5.41) is 14.7. The average Bonchev–Trinajstić information content (AvgIpc) is 2.79.